The van der Waals surface area contributed by atoms with Gasteiger partial charge < -0.3 is 31.5 Å². The molecule has 0 aliphatic heterocycles. The van der Waals surface area contributed by atoms with Crippen LogP contribution in [0.1, 0.15) is 37.0 Å². The van der Waals surface area contributed by atoms with E-state index in [1.54, 1.807) is 20.2 Å². The molecule has 0 heterocycles. The Morgan fingerprint density at radius 3 is 2.33 bits per heavy atom. The van der Waals surface area contributed by atoms with Crippen LogP contribution >= 0.6 is 0 Å². The highest BCUT2D eigenvalue weighted by Crippen LogP contribution is 2.54. The summed E-state index contributed by atoms with van der Waals surface area (Å²) in [5.74, 6) is -6.72. The molecule has 3 aromatic rings. The van der Waals surface area contributed by atoms with E-state index >= 15 is 0 Å². The molecule has 3 aliphatic rings. The second-order valence-electron chi connectivity index (χ2n) is 12.8. The summed E-state index contributed by atoms with van der Waals surface area (Å²) < 4.78 is 0. The third-order valence-corrected chi connectivity index (χ3v) is 9.61. The Morgan fingerprint density at radius 2 is 1.69 bits per heavy atom. The molecule has 7 N–H and O–H groups in total. The number of ketones is 2. The van der Waals surface area contributed by atoms with Crippen molar-refractivity contribution < 1.29 is 34.8 Å². The van der Waals surface area contributed by atoms with Gasteiger partial charge in [0.05, 0.1) is 11.6 Å². The summed E-state index contributed by atoms with van der Waals surface area (Å²) in [6, 6.07) is 14.5. The molecule has 0 saturated heterocycles. The van der Waals surface area contributed by atoms with Crippen LogP contribution in [0.15, 0.2) is 65.4 Å². The number of likely N-dealkylation sites (N-methyl/N-ethyl adjacent to an activating group) is 1. The highest BCUT2D eigenvalue weighted by molar-refractivity contribution is 6.24. The average Bonchev–Trinajstić information content (AvgIpc) is 2.97. The first-order valence-corrected chi connectivity index (χ1v) is 15.0. The SMILES string of the molecule is CC(C)NCc1ccc(-c2ccc(O)c3c2C[C@H]2C[C@H]4[C@H](N(C)C)C(=O)C(C(N)=O)=C(O)[C@@]4(O)C(=O)C2=C3O)c2ccccc12. The van der Waals surface area contributed by atoms with Crippen LogP contribution in [0.5, 0.6) is 5.75 Å². The predicted octanol–water partition coefficient (Wildman–Crippen LogP) is 3.28. The second kappa shape index (κ2) is 10.8. The van der Waals surface area contributed by atoms with Crippen molar-refractivity contribution in [2.45, 2.75) is 50.9 Å². The number of benzene rings is 3. The minimum absolute atomic E-state index is 0.0292. The van der Waals surface area contributed by atoms with E-state index in [4.69, 9.17) is 5.73 Å². The van der Waals surface area contributed by atoms with Crippen LogP contribution in [0.3, 0.4) is 0 Å². The highest BCUT2D eigenvalue weighted by Gasteiger charge is 2.64. The Morgan fingerprint density at radius 1 is 1.02 bits per heavy atom. The topological polar surface area (TPSA) is 173 Å². The summed E-state index contributed by atoms with van der Waals surface area (Å²) in [6.45, 7) is 4.85. The van der Waals surface area contributed by atoms with Gasteiger partial charge in [0.15, 0.2) is 11.4 Å². The van der Waals surface area contributed by atoms with Gasteiger partial charge in [-0.15, -0.1) is 0 Å². The number of primary amides is 1. The number of nitrogens with two attached hydrogens (primary N) is 1. The third-order valence-electron chi connectivity index (χ3n) is 9.61. The predicted molar refractivity (Wildman–Crippen MR) is 169 cm³/mol. The van der Waals surface area contributed by atoms with Gasteiger partial charge in [0, 0.05) is 24.1 Å². The Balaban J connectivity index is 1.54. The Bertz CT molecular complexity index is 1860. The zero-order chi connectivity index (χ0) is 32.5. The number of aliphatic hydroxyl groups excluding tert-OH is 2. The number of aromatic hydroxyl groups is 1. The number of nitrogens with zero attached hydrogens (tertiary/aromatic N) is 1. The van der Waals surface area contributed by atoms with E-state index in [0.29, 0.717) is 18.2 Å². The Kier molecular flexibility index (Phi) is 7.35. The molecule has 0 radical (unpaired) electrons. The number of aliphatic hydroxyl groups is 3. The number of amides is 1. The molecule has 45 heavy (non-hydrogen) atoms. The van der Waals surface area contributed by atoms with Gasteiger partial charge in [0.2, 0.25) is 5.78 Å². The van der Waals surface area contributed by atoms with Crippen LogP contribution in [-0.2, 0) is 27.3 Å². The van der Waals surface area contributed by atoms with Gasteiger partial charge >= 0.3 is 0 Å². The lowest BCUT2D eigenvalue weighted by molar-refractivity contribution is -0.153. The second-order valence-corrected chi connectivity index (χ2v) is 12.8. The number of carbonyl (C=O) groups is 3. The molecule has 10 nitrogen and oxygen atoms in total. The molecule has 3 aliphatic carbocycles. The maximum absolute atomic E-state index is 14.1. The molecule has 1 amide bonds. The molecule has 1 fully saturated rings. The molecule has 4 atom stereocenters. The molecule has 234 valence electrons. The number of rotatable bonds is 6. The van der Waals surface area contributed by atoms with Crippen molar-refractivity contribution in [3.63, 3.8) is 0 Å². The van der Waals surface area contributed by atoms with Crippen molar-refractivity contribution in [3.8, 4) is 16.9 Å². The first-order chi connectivity index (χ1) is 21.3. The molecule has 6 rings (SSSR count). The monoisotopic (exact) mass is 611 g/mol. The molecule has 1 saturated carbocycles. The van der Waals surface area contributed by atoms with Crippen LogP contribution in [0.4, 0.5) is 0 Å². The van der Waals surface area contributed by atoms with Crippen molar-refractivity contribution in [1.29, 1.82) is 0 Å². The van der Waals surface area contributed by atoms with Crippen molar-refractivity contribution in [2.75, 3.05) is 14.1 Å². The van der Waals surface area contributed by atoms with Gasteiger partial charge in [-0.2, -0.15) is 0 Å². The van der Waals surface area contributed by atoms with Gasteiger partial charge in [0.25, 0.3) is 5.91 Å². The Labute approximate surface area is 260 Å². The lowest BCUT2D eigenvalue weighted by Gasteiger charge is -2.50. The first kappa shape index (κ1) is 30.5. The first-order valence-electron chi connectivity index (χ1n) is 15.0. The van der Waals surface area contributed by atoms with Crippen molar-refractivity contribution in [2.24, 2.45) is 17.6 Å². The number of Topliss-reactive ketones (excluding diaryl/α,β-unsaturated/α-hetero) is 2. The van der Waals surface area contributed by atoms with Gasteiger partial charge in [-0.25, -0.2) is 0 Å². The number of phenols is 1. The van der Waals surface area contributed by atoms with Crippen molar-refractivity contribution >= 4 is 34.0 Å². The summed E-state index contributed by atoms with van der Waals surface area (Å²) in [5, 5.41) is 51.1. The standard InChI is InChI=1S/C35H37N3O7/c1-16(2)37-15-17-9-10-21(20-8-6-5-7-19(17)20)22-11-12-25(39)27-23(22)13-18-14-24-29(38(3)4)31(41)28(34(36)44)33(43)35(24,45)32(42)26(18)30(27)40/h5-12,16,18,24,29,37,39-40,43,45H,13-15H2,1-4H3,(H2,36,44)/t18-,24-,29-,35-/m0/s1. The van der Waals surface area contributed by atoms with Crippen molar-refractivity contribution in [3.05, 3.63) is 82.1 Å². The number of phenolic OH excluding ortho intramolecular Hbond substituents is 1. The smallest absolute Gasteiger partial charge is 0.255 e. The summed E-state index contributed by atoms with van der Waals surface area (Å²) in [5.41, 5.74) is 5.20. The molecule has 0 spiro atoms. The van der Waals surface area contributed by atoms with E-state index in [0.717, 1.165) is 27.5 Å². The average molecular weight is 612 g/mol. The molecule has 0 bridgehead atoms. The molecule has 3 aromatic carbocycles. The summed E-state index contributed by atoms with van der Waals surface area (Å²) in [7, 11) is 3.16. The van der Waals surface area contributed by atoms with Gasteiger partial charge in [-0.05, 0) is 71.9 Å². The van der Waals surface area contributed by atoms with E-state index in [2.05, 4.69) is 31.3 Å². The maximum atomic E-state index is 14.1. The quantitative estimate of drug-likeness (QED) is 0.229. The summed E-state index contributed by atoms with van der Waals surface area (Å²) in [6.07, 6.45) is 0.241. The third kappa shape index (κ3) is 4.47. The lowest BCUT2D eigenvalue weighted by atomic mass is 9.57. The van der Waals surface area contributed by atoms with Gasteiger partial charge in [-0.1, -0.05) is 56.3 Å². The highest BCUT2D eigenvalue weighted by atomic mass is 16.3. The number of hydrogen-bond acceptors (Lipinski definition) is 9. The molecule has 10 heteroatoms. The summed E-state index contributed by atoms with van der Waals surface area (Å²) >= 11 is 0. The van der Waals surface area contributed by atoms with Crippen LogP contribution in [0.25, 0.3) is 27.7 Å². The van der Waals surface area contributed by atoms with E-state index in [-0.39, 0.29) is 29.7 Å². The molecule has 0 aromatic heterocycles. The molecule has 0 unspecified atom stereocenters. The fourth-order valence-corrected chi connectivity index (χ4v) is 7.56. The largest absolute Gasteiger partial charge is 0.508 e. The zero-order valence-electron chi connectivity index (χ0n) is 25.6. The normalized spacial score (nSPS) is 24.7. The van der Waals surface area contributed by atoms with Crippen molar-refractivity contribution in [1.82, 2.24) is 10.2 Å². The van der Waals surface area contributed by atoms with E-state index in [9.17, 15) is 34.8 Å². The lowest BCUT2D eigenvalue weighted by Crippen LogP contribution is -2.65. The van der Waals surface area contributed by atoms with Crippen LogP contribution in [0, 0.1) is 11.8 Å². The molecular weight excluding hydrogens is 574 g/mol. The maximum Gasteiger partial charge on any atom is 0.255 e. The van der Waals surface area contributed by atoms with Gasteiger partial charge in [-0.3, -0.25) is 19.3 Å². The minimum Gasteiger partial charge on any atom is -0.508 e. The van der Waals surface area contributed by atoms with E-state index in [1.807, 2.05) is 24.3 Å². The molecular formula is C35H37N3O7. The van der Waals surface area contributed by atoms with Gasteiger partial charge in [0.1, 0.15) is 22.8 Å². The van der Waals surface area contributed by atoms with E-state index < -0.39 is 58.0 Å². The number of nitrogens with one attached hydrogen (secondary N) is 1. The van der Waals surface area contributed by atoms with E-state index in [1.165, 1.54) is 11.0 Å². The fraction of sp³-hybridized carbons (Fsp3) is 0.343. The fourth-order valence-electron chi connectivity index (χ4n) is 7.56. The minimum atomic E-state index is -2.67. The number of carbonyl (C=O) groups excluding carboxylic acids is 3. The Hall–Kier alpha value is -4.51. The number of hydrogen-bond donors (Lipinski definition) is 6. The summed E-state index contributed by atoms with van der Waals surface area (Å²) in [4.78, 5) is 41.2. The van der Waals surface area contributed by atoms with Crippen LogP contribution in [-0.4, -0.2) is 74.6 Å². The zero-order valence-corrected chi connectivity index (χ0v) is 25.6. The van der Waals surface area contributed by atoms with Crippen LogP contribution < -0.4 is 11.1 Å². The van der Waals surface area contributed by atoms with Crippen LogP contribution in [0.2, 0.25) is 0 Å². The number of fused-ring (bicyclic) bond motifs is 4.